The number of hydrogen-bond acceptors (Lipinski definition) is 4. The van der Waals surface area contributed by atoms with Crippen molar-refractivity contribution in [3.05, 3.63) is 21.3 Å². The smallest absolute Gasteiger partial charge is 0.322 e. The maximum Gasteiger partial charge on any atom is 0.322 e. The molecule has 0 saturated carbocycles. The Bertz CT molecular complexity index is 340. The largest absolute Gasteiger partial charge is 0.468 e. The van der Waals surface area contributed by atoms with E-state index in [2.05, 4.69) is 5.32 Å². The first-order chi connectivity index (χ1) is 7.67. The number of thiophene rings is 1. The molecule has 0 radical (unpaired) electrons. The molecule has 0 saturated heterocycles. The van der Waals surface area contributed by atoms with Gasteiger partial charge in [-0.05, 0) is 25.0 Å². The lowest BCUT2D eigenvalue weighted by Gasteiger charge is -2.13. The van der Waals surface area contributed by atoms with Gasteiger partial charge in [0.15, 0.2) is 0 Å². The van der Waals surface area contributed by atoms with Crippen molar-refractivity contribution in [1.82, 2.24) is 5.32 Å². The fraction of sp³-hybridized carbons (Fsp3) is 0.545. The highest BCUT2D eigenvalue weighted by Crippen LogP contribution is 2.21. The molecule has 3 nitrogen and oxygen atoms in total. The third-order valence-electron chi connectivity index (χ3n) is 2.28. The van der Waals surface area contributed by atoms with E-state index < -0.39 is 0 Å². The van der Waals surface area contributed by atoms with Crippen LogP contribution in [0.15, 0.2) is 12.1 Å². The minimum atomic E-state index is -0.208. The molecule has 0 aromatic carbocycles. The maximum atomic E-state index is 11.3. The summed E-state index contributed by atoms with van der Waals surface area (Å²) in [6, 6.07) is 3.69. The molecule has 1 rings (SSSR count). The van der Waals surface area contributed by atoms with Gasteiger partial charge in [0.1, 0.15) is 6.04 Å². The van der Waals surface area contributed by atoms with Crippen molar-refractivity contribution in [3.8, 4) is 0 Å². The van der Waals surface area contributed by atoms with E-state index in [0.717, 1.165) is 23.7 Å². The molecule has 0 fully saturated rings. The number of rotatable bonds is 6. The van der Waals surface area contributed by atoms with Gasteiger partial charge in [0, 0.05) is 11.4 Å². The van der Waals surface area contributed by atoms with Crippen LogP contribution in [0.1, 0.15) is 18.2 Å². The van der Waals surface area contributed by atoms with Crippen LogP contribution in [0.5, 0.6) is 0 Å². The first-order valence-corrected chi connectivity index (χ1v) is 6.42. The summed E-state index contributed by atoms with van der Waals surface area (Å²) in [5.74, 6) is -0.202. The summed E-state index contributed by atoms with van der Waals surface area (Å²) in [6.45, 7) is 2.71. The van der Waals surface area contributed by atoms with Crippen LogP contribution >= 0.6 is 22.9 Å². The monoisotopic (exact) mass is 261 g/mol. The minimum Gasteiger partial charge on any atom is -0.468 e. The number of carbonyl (C=O) groups excluding carboxylic acids is 1. The lowest BCUT2D eigenvalue weighted by atomic mass is 10.2. The van der Waals surface area contributed by atoms with Gasteiger partial charge >= 0.3 is 5.97 Å². The molecule has 0 aliphatic heterocycles. The van der Waals surface area contributed by atoms with Gasteiger partial charge in [0.25, 0.3) is 0 Å². The summed E-state index contributed by atoms with van der Waals surface area (Å²) in [7, 11) is 1.41. The van der Waals surface area contributed by atoms with E-state index in [0.29, 0.717) is 0 Å². The van der Waals surface area contributed by atoms with Gasteiger partial charge in [-0.1, -0.05) is 18.5 Å². The quantitative estimate of drug-likeness (QED) is 0.800. The van der Waals surface area contributed by atoms with Gasteiger partial charge < -0.3 is 10.1 Å². The van der Waals surface area contributed by atoms with E-state index in [9.17, 15) is 4.79 Å². The van der Waals surface area contributed by atoms with Crippen LogP contribution in [0, 0.1) is 0 Å². The van der Waals surface area contributed by atoms with Crippen LogP contribution in [0.4, 0.5) is 0 Å². The zero-order valence-electron chi connectivity index (χ0n) is 9.46. The first-order valence-electron chi connectivity index (χ1n) is 5.22. The number of ether oxygens (including phenoxy) is 1. The molecule has 0 spiro atoms. The van der Waals surface area contributed by atoms with Crippen molar-refractivity contribution in [1.29, 1.82) is 0 Å². The molecular formula is C11H16ClNO2S. The summed E-state index contributed by atoms with van der Waals surface area (Å²) in [5.41, 5.74) is 0. The van der Waals surface area contributed by atoms with E-state index in [1.165, 1.54) is 12.0 Å². The van der Waals surface area contributed by atoms with Crippen LogP contribution in [-0.2, 0) is 16.0 Å². The Morgan fingerprint density at radius 2 is 2.38 bits per heavy atom. The van der Waals surface area contributed by atoms with E-state index >= 15 is 0 Å². The van der Waals surface area contributed by atoms with E-state index in [4.69, 9.17) is 16.3 Å². The summed E-state index contributed by atoms with van der Waals surface area (Å²) in [6.07, 6.45) is 1.61. The highest BCUT2D eigenvalue weighted by Gasteiger charge is 2.15. The Hall–Kier alpha value is -0.580. The topological polar surface area (TPSA) is 38.3 Å². The van der Waals surface area contributed by atoms with Crippen LogP contribution in [-0.4, -0.2) is 25.7 Å². The maximum absolute atomic E-state index is 11.3. The standard InChI is InChI=1S/C11H16ClNO2S/c1-3-9(11(14)15-2)13-7-6-8-4-5-10(12)16-8/h4-5,9,13H,3,6-7H2,1-2H3. The minimum absolute atomic E-state index is 0.202. The average Bonchev–Trinajstić information content (AvgIpc) is 2.69. The summed E-state index contributed by atoms with van der Waals surface area (Å²) in [5, 5.41) is 3.17. The van der Waals surface area contributed by atoms with Crippen molar-refractivity contribution >= 4 is 28.9 Å². The molecule has 0 aliphatic rings. The molecule has 1 N–H and O–H groups in total. The highest BCUT2D eigenvalue weighted by molar-refractivity contribution is 7.16. The van der Waals surface area contributed by atoms with E-state index in [-0.39, 0.29) is 12.0 Å². The molecule has 0 bridgehead atoms. The lowest BCUT2D eigenvalue weighted by molar-refractivity contribution is -0.143. The fourth-order valence-electron chi connectivity index (χ4n) is 1.39. The molecule has 90 valence electrons. The fourth-order valence-corrected chi connectivity index (χ4v) is 2.48. The van der Waals surface area contributed by atoms with Gasteiger partial charge in [0.2, 0.25) is 0 Å². The van der Waals surface area contributed by atoms with Crippen LogP contribution in [0.2, 0.25) is 4.34 Å². The van der Waals surface area contributed by atoms with Gasteiger partial charge in [-0.3, -0.25) is 4.79 Å². The number of carbonyl (C=O) groups is 1. The Morgan fingerprint density at radius 3 is 2.88 bits per heavy atom. The molecule has 1 unspecified atom stereocenters. The molecule has 0 aliphatic carbocycles. The Labute approximate surface area is 105 Å². The van der Waals surface area contributed by atoms with Crippen molar-refractivity contribution in [2.24, 2.45) is 0 Å². The second-order valence-corrected chi connectivity index (χ2v) is 5.19. The molecule has 1 aromatic heterocycles. The SMILES string of the molecule is CCC(NCCc1ccc(Cl)s1)C(=O)OC. The summed E-state index contributed by atoms with van der Waals surface area (Å²) >= 11 is 7.40. The number of hydrogen-bond donors (Lipinski definition) is 1. The zero-order valence-corrected chi connectivity index (χ0v) is 11.0. The normalized spacial score (nSPS) is 12.4. The van der Waals surface area contributed by atoms with Gasteiger partial charge in [-0.25, -0.2) is 0 Å². The third kappa shape index (κ3) is 4.12. The third-order valence-corrected chi connectivity index (χ3v) is 3.58. The Morgan fingerprint density at radius 1 is 1.62 bits per heavy atom. The van der Waals surface area contributed by atoms with Crippen molar-refractivity contribution < 1.29 is 9.53 Å². The van der Waals surface area contributed by atoms with Crippen molar-refractivity contribution in [2.45, 2.75) is 25.8 Å². The van der Waals surface area contributed by atoms with Crippen molar-refractivity contribution in [3.63, 3.8) is 0 Å². The highest BCUT2D eigenvalue weighted by atomic mass is 35.5. The Balaban J connectivity index is 2.31. The molecule has 0 amide bonds. The second-order valence-electron chi connectivity index (χ2n) is 3.39. The molecule has 5 heteroatoms. The van der Waals surface area contributed by atoms with E-state index in [1.54, 1.807) is 11.3 Å². The molecule has 1 atom stereocenters. The molecular weight excluding hydrogens is 246 g/mol. The lowest BCUT2D eigenvalue weighted by Crippen LogP contribution is -2.38. The molecule has 16 heavy (non-hydrogen) atoms. The molecule has 1 heterocycles. The first kappa shape index (κ1) is 13.5. The van der Waals surface area contributed by atoms with Crippen LogP contribution in [0.3, 0.4) is 0 Å². The van der Waals surface area contributed by atoms with E-state index in [1.807, 2.05) is 19.1 Å². The zero-order chi connectivity index (χ0) is 12.0. The number of methoxy groups -OCH3 is 1. The number of halogens is 1. The van der Waals surface area contributed by atoms with Crippen molar-refractivity contribution in [2.75, 3.05) is 13.7 Å². The number of nitrogens with one attached hydrogen (secondary N) is 1. The Kier molecular flexibility index (Phi) is 5.80. The second kappa shape index (κ2) is 6.89. The summed E-state index contributed by atoms with van der Waals surface area (Å²) < 4.78 is 5.49. The number of esters is 1. The van der Waals surface area contributed by atoms with Crippen LogP contribution in [0.25, 0.3) is 0 Å². The van der Waals surface area contributed by atoms with Gasteiger partial charge in [-0.2, -0.15) is 0 Å². The predicted octanol–water partition coefficient (Wildman–Crippen LogP) is 2.49. The van der Waals surface area contributed by atoms with Crippen LogP contribution < -0.4 is 5.32 Å². The average molecular weight is 262 g/mol. The molecule has 1 aromatic rings. The van der Waals surface area contributed by atoms with Gasteiger partial charge in [0.05, 0.1) is 11.4 Å². The summed E-state index contributed by atoms with van der Waals surface area (Å²) in [4.78, 5) is 12.5. The predicted molar refractivity (Wildman–Crippen MR) is 67.1 cm³/mol. The van der Waals surface area contributed by atoms with Gasteiger partial charge in [-0.15, -0.1) is 11.3 Å².